The fourth-order valence-electron chi connectivity index (χ4n) is 2.74. The molecule has 1 saturated heterocycles. The maximum absolute atomic E-state index is 12.5. The molecular formula is C16H19N3O3S. The summed E-state index contributed by atoms with van der Waals surface area (Å²) in [6, 6.07) is 12.9. The largest absolute Gasteiger partial charge is 0.506 e. The quantitative estimate of drug-likeness (QED) is 0.896. The van der Waals surface area contributed by atoms with E-state index in [1.165, 1.54) is 18.3 Å². The smallest absolute Gasteiger partial charge is 0.236 e. The standard InChI is InChI=1S/C16H19N3O3S/c20-14-6-7-16(17-12-14)18-23(21,22)15-8-10-19(11-9-15)13-4-2-1-3-5-13/h1-7,12,15,20H,8-11H2,(H,17,18). The highest BCUT2D eigenvalue weighted by Crippen LogP contribution is 2.24. The Bertz CT molecular complexity index is 740. The van der Waals surface area contributed by atoms with Crippen molar-refractivity contribution >= 4 is 21.5 Å². The van der Waals surface area contributed by atoms with E-state index in [1.54, 1.807) is 0 Å². The number of anilines is 2. The molecule has 6 nitrogen and oxygen atoms in total. The van der Waals surface area contributed by atoms with Crippen LogP contribution in [-0.4, -0.2) is 36.8 Å². The van der Waals surface area contributed by atoms with E-state index < -0.39 is 15.3 Å². The third-order valence-corrected chi connectivity index (χ3v) is 5.84. The van der Waals surface area contributed by atoms with Crippen LogP contribution in [0.5, 0.6) is 5.75 Å². The second-order valence-electron chi connectivity index (χ2n) is 5.57. The third-order valence-electron chi connectivity index (χ3n) is 4.00. The highest BCUT2D eigenvalue weighted by molar-refractivity contribution is 7.93. The number of pyridine rings is 1. The zero-order valence-electron chi connectivity index (χ0n) is 12.6. The molecule has 1 aliphatic rings. The van der Waals surface area contributed by atoms with Gasteiger partial charge in [-0.2, -0.15) is 0 Å². The second-order valence-corrected chi connectivity index (χ2v) is 7.53. The van der Waals surface area contributed by atoms with Gasteiger partial charge in [0.25, 0.3) is 0 Å². The van der Waals surface area contributed by atoms with Crippen LogP contribution in [0.2, 0.25) is 0 Å². The van der Waals surface area contributed by atoms with Crippen LogP contribution in [-0.2, 0) is 10.0 Å². The van der Waals surface area contributed by atoms with Crippen molar-refractivity contribution in [2.75, 3.05) is 22.7 Å². The first kappa shape index (κ1) is 15.6. The molecule has 1 aromatic heterocycles. The molecule has 122 valence electrons. The highest BCUT2D eigenvalue weighted by atomic mass is 32.2. The lowest BCUT2D eigenvalue weighted by atomic mass is 10.1. The molecule has 0 radical (unpaired) electrons. The van der Waals surface area contributed by atoms with Gasteiger partial charge in [-0.05, 0) is 37.1 Å². The molecular weight excluding hydrogens is 314 g/mol. The molecule has 1 fully saturated rings. The van der Waals surface area contributed by atoms with Crippen molar-refractivity contribution in [2.45, 2.75) is 18.1 Å². The minimum Gasteiger partial charge on any atom is -0.506 e. The molecule has 0 amide bonds. The van der Waals surface area contributed by atoms with Crippen LogP contribution >= 0.6 is 0 Å². The molecule has 0 saturated carbocycles. The van der Waals surface area contributed by atoms with Crippen LogP contribution in [0.15, 0.2) is 48.7 Å². The van der Waals surface area contributed by atoms with E-state index in [1.807, 2.05) is 30.3 Å². The van der Waals surface area contributed by atoms with E-state index in [-0.39, 0.29) is 11.6 Å². The summed E-state index contributed by atoms with van der Waals surface area (Å²) in [6.45, 7) is 1.41. The number of hydrogen-bond acceptors (Lipinski definition) is 5. The topological polar surface area (TPSA) is 82.5 Å². The van der Waals surface area contributed by atoms with Crippen LogP contribution in [0.1, 0.15) is 12.8 Å². The summed E-state index contributed by atoms with van der Waals surface area (Å²) in [5.74, 6) is 0.234. The Labute approximate surface area is 135 Å². The Balaban J connectivity index is 1.63. The maximum Gasteiger partial charge on any atom is 0.236 e. The van der Waals surface area contributed by atoms with E-state index in [9.17, 15) is 13.5 Å². The van der Waals surface area contributed by atoms with Gasteiger partial charge in [-0.15, -0.1) is 0 Å². The molecule has 3 rings (SSSR count). The SMILES string of the molecule is O=S(=O)(Nc1ccc(O)cn1)C1CCN(c2ccccc2)CC1. The van der Waals surface area contributed by atoms with Gasteiger partial charge in [0, 0.05) is 18.8 Å². The van der Waals surface area contributed by atoms with Crippen LogP contribution in [0.3, 0.4) is 0 Å². The van der Waals surface area contributed by atoms with Crippen molar-refractivity contribution in [3.63, 3.8) is 0 Å². The summed E-state index contributed by atoms with van der Waals surface area (Å²) >= 11 is 0. The average Bonchev–Trinajstić information content (AvgIpc) is 2.58. The number of aromatic nitrogens is 1. The predicted molar refractivity (Wildman–Crippen MR) is 90.1 cm³/mol. The number of nitrogens with one attached hydrogen (secondary N) is 1. The molecule has 1 aliphatic heterocycles. The van der Waals surface area contributed by atoms with Crippen molar-refractivity contribution in [1.82, 2.24) is 4.98 Å². The van der Waals surface area contributed by atoms with Crippen molar-refractivity contribution in [1.29, 1.82) is 0 Å². The van der Waals surface area contributed by atoms with Gasteiger partial charge < -0.3 is 10.0 Å². The fraction of sp³-hybridized carbons (Fsp3) is 0.312. The van der Waals surface area contributed by atoms with E-state index in [0.717, 1.165) is 5.69 Å². The minimum absolute atomic E-state index is 0.00381. The summed E-state index contributed by atoms with van der Waals surface area (Å²) in [7, 11) is -3.48. The predicted octanol–water partition coefficient (Wildman–Crippen LogP) is 2.20. The Kier molecular flexibility index (Phi) is 4.38. The van der Waals surface area contributed by atoms with Gasteiger partial charge in [-0.25, -0.2) is 13.4 Å². The van der Waals surface area contributed by atoms with Gasteiger partial charge in [0.05, 0.1) is 11.4 Å². The monoisotopic (exact) mass is 333 g/mol. The van der Waals surface area contributed by atoms with Crippen molar-refractivity contribution < 1.29 is 13.5 Å². The first-order chi connectivity index (χ1) is 11.0. The molecule has 1 aromatic carbocycles. The van der Waals surface area contributed by atoms with Gasteiger partial charge in [-0.3, -0.25) is 4.72 Å². The van der Waals surface area contributed by atoms with E-state index in [4.69, 9.17) is 0 Å². The van der Waals surface area contributed by atoms with Crippen LogP contribution in [0, 0.1) is 0 Å². The highest BCUT2D eigenvalue weighted by Gasteiger charge is 2.30. The molecule has 0 aliphatic carbocycles. The summed E-state index contributed by atoms with van der Waals surface area (Å²) in [6.07, 6.45) is 2.36. The fourth-order valence-corrected chi connectivity index (χ4v) is 4.15. The summed E-state index contributed by atoms with van der Waals surface area (Å²) < 4.78 is 27.4. The van der Waals surface area contributed by atoms with Gasteiger partial charge in [0.15, 0.2) is 0 Å². The van der Waals surface area contributed by atoms with Gasteiger partial charge in [0.1, 0.15) is 11.6 Å². The Morgan fingerprint density at radius 3 is 2.39 bits per heavy atom. The normalized spacial score (nSPS) is 16.3. The number of para-hydroxylation sites is 1. The lowest BCUT2D eigenvalue weighted by molar-refractivity contribution is 0.473. The summed E-state index contributed by atoms with van der Waals surface area (Å²) in [5, 5.41) is 8.76. The van der Waals surface area contributed by atoms with Crippen molar-refractivity contribution in [3.05, 3.63) is 48.7 Å². The number of hydrogen-bond donors (Lipinski definition) is 2. The molecule has 0 atom stereocenters. The number of piperidine rings is 1. The Morgan fingerprint density at radius 1 is 1.09 bits per heavy atom. The molecule has 0 unspecified atom stereocenters. The average molecular weight is 333 g/mol. The third kappa shape index (κ3) is 3.73. The summed E-state index contributed by atoms with van der Waals surface area (Å²) in [5.41, 5.74) is 1.12. The Morgan fingerprint density at radius 2 is 1.78 bits per heavy atom. The lowest BCUT2D eigenvalue weighted by Gasteiger charge is -2.33. The lowest BCUT2D eigenvalue weighted by Crippen LogP contribution is -2.41. The van der Waals surface area contributed by atoms with Crippen molar-refractivity contribution in [2.24, 2.45) is 0 Å². The molecule has 2 N–H and O–H groups in total. The maximum atomic E-state index is 12.5. The Hall–Kier alpha value is -2.28. The van der Waals surface area contributed by atoms with Gasteiger partial charge in [0.2, 0.25) is 10.0 Å². The van der Waals surface area contributed by atoms with Crippen LogP contribution in [0.25, 0.3) is 0 Å². The van der Waals surface area contributed by atoms with Crippen LogP contribution < -0.4 is 9.62 Å². The first-order valence-corrected chi connectivity index (χ1v) is 9.06. The first-order valence-electron chi connectivity index (χ1n) is 7.51. The number of benzene rings is 1. The number of sulfonamides is 1. The molecule has 2 aromatic rings. The van der Waals surface area contributed by atoms with Gasteiger partial charge >= 0.3 is 0 Å². The molecule has 7 heteroatoms. The molecule has 0 spiro atoms. The zero-order valence-corrected chi connectivity index (χ0v) is 13.4. The zero-order chi connectivity index (χ0) is 16.3. The van der Waals surface area contributed by atoms with Crippen molar-refractivity contribution in [3.8, 4) is 5.75 Å². The van der Waals surface area contributed by atoms with Gasteiger partial charge in [-0.1, -0.05) is 18.2 Å². The summed E-state index contributed by atoms with van der Waals surface area (Å²) in [4.78, 5) is 6.07. The second kappa shape index (κ2) is 6.45. The van der Waals surface area contributed by atoms with E-state index in [2.05, 4.69) is 14.6 Å². The molecule has 2 heterocycles. The molecule has 23 heavy (non-hydrogen) atoms. The van der Waals surface area contributed by atoms with E-state index in [0.29, 0.717) is 25.9 Å². The number of aromatic hydroxyl groups is 1. The minimum atomic E-state index is -3.48. The molecule has 0 bridgehead atoms. The van der Waals surface area contributed by atoms with Crippen LogP contribution in [0.4, 0.5) is 11.5 Å². The number of nitrogens with zero attached hydrogens (tertiary/aromatic N) is 2. The number of rotatable bonds is 4. The van der Waals surface area contributed by atoms with E-state index >= 15 is 0 Å².